The number of hydrogen-bond donors (Lipinski definition) is 2. The monoisotopic (exact) mass is 221 g/mol. The van der Waals surface area contributed by atoms with E-state index in [9.17, 15) is 5.11 Å². The number of aliphatic hydroxyl groups is 1. The number of anilines is 1. The van der Waals surface area contributed by atoms with Crippen LogP contribution in [0, 0.1) is 5.92 Å². The molecular weight excluding hydrogens is 202 g/mol. The zero-order chi connectivity index (χ0) is 11.5. The zero-order valence-corrected chi connectivity index (χ0v) is 9.63. The van der Waals surface area contributed by atoms with Crippen molar-refractivity contribution in [1.29, 1.82) is 0 Å². The third-order valence-electron chi connectivity index (χ3n) is 3.29. The number of aliphatic hydroxyl groups excluding tert-OH is 1. The summed E-state index contributed by atoms with van der Waals surface area (Å²) < 4.78 is 0. The summed E-state index contributed by atoms with van der Waals surface area (Å²) in [6.45, 7) is 4.25. The number of piperidine rings is 1. The van der Waals surface area contributed by atoms with Crippen molar-refractivity contribution in [3.8, 4) is 0 Å². The molecule has 0 amide bonds. The molecule has 16 heavy (non-hydrogen) atoms. The van der Waals surface area contributed by atoms with Gasteiger partial charge < -0.3 is 15.7 Å². The van der Waals surface area contributed by atoms with Gasteiger partial charge in [-0.3, -0.25) is 4.98 Å². The fourth-order valence-electron chi connectivity index (χ4n) is 2.06. The highest BCUT2D eigenvalue weighted by atomic mass is 16.3. The van der Waals surface area contributed by atoms with Crippen molar-refractivity contribution in [2.24, 2.45) is 11.7 Å². The summed E-state index contributed by atoms with van der Waals surface area (Å²) >= 11 is 0. The predicted octanol–water partition coefficient (Wildman–Crippen LogP) is 0.747. The van der Waals surface area contributed by atoms with Crippen molar-refractivity contribution in [3.63, 3.8) is 0 Å². The molecule has 0 radical (unpaired) electrons. The maximum atomic E-state index is 9.85. The van der Waals surface area contributed by atoms with Gasteiger partial charge in [0.15, 0.2) is 0 Å². The van der Waals surface area contributed by atoms with Crippen LogP contribution >= 0.6 is 0 Å². The molecule has 0 bridgehead atoms. The van der Waals surface area contributed by atoms with Crippen LogP contribution in [0.3, 0.4) is 0 Å². The molecule has 1 aliphatic rings. The summed E-state index contributed by atoms with van der Waals surface area (Å²) in [6.07, 6.45) is 2.58. The lowest BCUT2D eigenvalue weighted by Gasteiger charge is -2.35. The minimum atomic E-state index is -0.233. The number of aromatic nitrogens is 1. The van der Waals surface area contributed by atoms with E-state index in [0.29, 0.717) is 19.0 Å². The zero-order valence-electron chi connectivity index (χ0n) is 9.63. The Morgan fingerprint density at radius 3 is 3.12 bits per heavy atom. The summed E-state index contributed by atoms with van der Waals surface area (Å²) in [5, 5.41) is 9.85. The van der Waals surface area contributed by atoms with Crippen molar-refractivity contribution in [3.05, 3.63) is 24.0 Å². The van der Waals surface area contributed by atoms with Crippen molar-refractivity contribution < 1.29 is 5.11 Å². The van der Waals surface area contributed by atoms with Crippen LogP contribution in [0.25, 0.3) is 0 Å². The summed E-state index contributed by atoms with van der Waals surface area (Å²) in [6, 6.07) is 3.98. The molecule has 1 aliphatic heterocycles. The van der Waals surface area contributed by atoms with E-state index in [-0.39, 0.29) is 6.10 Å². The van der Waals surface area contributed by atoms with Crippen LogP contribution in [0.5, 0.6) is 0 Å². The van der Waals surface area contributed by atoms with Gasteiger partial charge in [-0.05, 0) is 24.5 Å². The lowest BCUT2D eigenvalue weighted by molar-refractivity contribution is 0.103. The Labute approximate surface area is 96.1 Å². The second kappa shape index (κ2) is 4.80. The number of hydrogen-bond acceptors (Lipinski definition) is 4. The van der Waals surface area contributed by atoms with E-state index >= 15 is 0 Å². The molecule has 4 heteroatoms. The third kappa shape index (κ3) is 2.33. The Morgan fingerprint density at radius 1 is 1.62 bits per heavy atom. The molecule has 0 spiro atoms. The molecule has 2 heterocycles. The quantitative estimate of drug-likeness (QED) is 0.773. The molecule has 3 N–H and O–H groups in total. The summed E-state index contributed by atoms with van der Waals surface area (Å²) in [5.74, 6) is 0.395. The van der Waals surface area contributed by atoms with Crippen molar-refractivity contribution in [2.45, 2.75) is 26.0 Å². The molecule has 88 valence electrons. The second-order valence-electron chi connectivity index (χ2n) is 4.49. The van der Waals surface area contributed by atoms with Gasteiger partial charge in [0.25, 0.3) is 0 Å². The molecule has 0 aromatic carbocycles. The first-order valence-corrected chi connectivity index (χ1v) is 5.78. The maximum Gasteiger partial charge on any atom is 0.0741 e. The first-order chi connectivity index (χ1) is 7.70. The van der Waals surface area contributed by atoms with Crippen LogP contribution in [0.2, 0.25) is 0 Å². The van der Waals surface area contributed by atoms with E-state index in [2.05, 4.69) is 16.8 Å². The molecule has 4 nitrogen and oxygen atoms in total. The number of β-amino-alcohol motifs (C(OH)–C–C–N with tert-alkyl or cyclic N) is 1. The van der Waals surface area contributed by atoms with Crippen LogP contribution in [-0.4, -0.2) is 29.3 Å². The van der Waals surface area contributed by atoms with E-state index in [0.717, 1.165) is 24.3 Å². The molecule has 1 saturated heterocycles. The van der Waals surface area contributed by atoms with Crippen LogP contribution in [0.4, 0.5) is 5.69 Å². The highest BCUT2D eigenvalue weighted by molar-refractivity contribution is 5.47. The molecular formula is C12H19N3O. The summed E-state index contributed by atoms with van der Waals surface area (Å²) in [5.41, 5.74) is 7.57. The smallest absolute Gasteiger partial charge is 0.0741 e. The Bertz CT molecular complexity index is 356. The van der Waals surface area contributed by atoms with Gasteiger partial charge in [-0.1, -0.05) is 6.92 Å². The van der Waals surface area contributed by atoms with E-state index in [1.165, 1.54) is 0 Å². The van der Waals surface area contributed by atoms with Gasteiger partial charge in [-0.25, -0.2) is 0 Å². The van der Waals surface area contributed by atoms with Crippen LogP contribution < -0.4 is 10.6 Å². The molecule has 1 fully saturated rings. The molecule has 2 unspecified atom stereocenters. The van der Waals surface area contributed by atoms with E-state index in [1.807, 2.05) is 12.1 Å². The highest BCUT2D eigenvalue weighted by Gasteiger charge is 2.24. The lowest BCUT2D eigenvalue weighted by Crippen LogP contribution is -2.42. The number of nitrogens with two attached hydrogens (primary N) is 1. The highest BCUT2D eigenvalue weighted by Crippen LogP contribution is 2.23. The Morgan fingerprint density at radius 2 is 2.44 bits per heavy atom. The molecule has 2 rings (SSSR count). The van der Waals surface area contributed by atoms with Gasteiger partial charge in [0, 0.05) is 31.5 Å². The molecule has 1 aromatic rings. The largest absolute Gasteiger partial charge is 0.391 e. The van der Waals surface area contributed by atoms with Gasteiger partial charge in [0.05, 0.1) is 11.8 Å². The van der Waals surface area contributed by atoms with Crippen molar-refractivity contribution >= 4 is 5.69 Å². The van der Waals surface area contributed by atoms with Crippen LogP contribution in [-0.2, 0) is 6.54 Å². The van der Waals surface area contributed by atoms with Crippen LogP contribution in [0.1, 0.15) is 19.0 Å². The molecule has 0 saturated carbocycles. The number of pyridine rings is 1. The van der Waals surface area contributed by atoms with Crippen LogP contribution in [0.15, 0.2) is 18.3 Å². The van der Waals surface area contributed by atoms with Crippen molar-refractivity contribution in [2.75, 3.05) is 18.0 Å². The molecule has 0 aliphatic carbocycles. The van der Waals surface area contributed by atoms with Gasteiger partial charge in [-0.2, -0.15) is 0 Å². The third-order valence-corrected chi connectivity index (χ3v) is 3.29. The Kier molecular flexibility index (Phi) is 3.41. The van der Waals surface area contributed by atoms with E-state index in [4.69, 9.17) is 5.73 Å². The summed E-state index contributed by atoms with van der Waals surface area (Å²) in [4.78, 5) is 6.37. The first kappa shape index (κ1) is 11.4. The standard InChI is InChI=1S/C12H19N3O/c1-9-3-5-15(8-12(9)16)11-2-4-14-10(6-11)7-13/h2,4,6,9,12,16H,3,5,7-8,13H2,1H3. The predicted molar refractivity (Wildman–Crippen MR) is 64.1 cm³/mol. The Hall–Kier alpha value is -1.13. The topological polar surface area (TPSA) is 62.4 Å². The summed E-state index contributed by atoms with van der Waals surface area (Å²) in [7, 11) is 0. The minimum absolute atomic E-state index is 0.233. The fourth-order valence-corrected chi connectivity index (χ4v) is 2.06. The number of rotatable bonds is 2. The fraction of sp³-hybridized carbons (Fsp3) is 0.583. The average molecular weight is 221 g/mol. The van der Waals surface area contributed by atoms with Gasteiger partial charge >= 0.3 is 0 Å². The van der Waals surface area contributed by atoms with E-state index in [1.54, 1.807) is 6.20 Å². The normalized spacial score (nSPS) is 25.8. The Balaban J connectivity index is 2.12. The number of nitrogens with zero attached hydrogens (tertiary/aromatic N) is 2. The second-order valence-corrected chi connectivity index (χ2v) is 4.49. The van der Waals surface area contributed by atoms with Gasteiger partial charge in [-0.15, -0.1) is 0 Å². The lowest BCUT2D eigenvalue weighted by atomic mass is 9.96. The molecule has 2 atom stereocenters. The van der Waals surface area contributed by atoms with E-state index < -0.39 is 0 Å². The van der Waals surface area contributed by atoms with Gasteiger partial charge in [0.1, 0.15) is 0 Å². The molecule has 1 aromatic heterocycles. The van der Waals surface area contributed by atoms with Gasteiger partial charge in [0.2, 0.25) is 0 Å². The average Bonchev–Trinajstić information content (AvgIpc) is 2.33. The minimum Gasteiger partial charge on any atom is -0.391 e. The first-order valence-electron chi connectivity index (χ1n) is 5.78. The van der Waals surface area contributed by atoms with Crippen molar-refractivity contribution in [1.82, 2.24) is 4.98 Å². The maximum absolute atomic E-state index is 9.85. The SMILES string of the molecule is CC1CCN(c2ccnc(CN)c2)CC1O.